The Labute approximate surface area is 248 Å². The number of ether oxygens (including phenoxy) is 1. The molecule has 3 heterocycles. The van der Waals surface area contributed by atoms with Crippen LogP contribution in [0.15, 0.2) is 15.9 Å². The minimum absolute atomic E-state index is 0.0267. The van der Waals surface area contributed by atoms with Gasteiger partial charge < -0.3 is 18.0 Å². The van der Waals surface area contributed by atoms with E-state index in [1.165, 1.54) is 0 Å². The number of imidazole rings is 1. The predicted octanol–water partition coefficient (Wildman–Crippen LogP) is 6.11. The highest BCUT2D eigenvalue weighted by molar-refractivity contribution is 6.75. The Morgan fingerprint density at radius 2 is 1.29 bits per heavy atom. The molecule has 234 valence electrons. The first-order valence-electron chi connectivity index (χ1n) is 14.6. The van der Waals surface area contributed by atoms with Gasteiger partial charge in [0.1, 0.15) is 24.0 Å². The number of hydrogen-bond acceptors (Lipinski definition) is 7. The van der Waals surface area contributed by atoms with Crippen LogP contribution in [0.3, 0.4) is 0 Å². The zero-order chi connectivity index (χ0) is 31.6. The number of rotatable bonds is 8. The molecule has 41 heavy (non-hydrogen) atoms. The highest BCUT2D eigenvalue weighted by Crippen LogP contribution is 2.46. The molecule has 1 aliphatic heterocycles. The van der Waals surface area contributed by atoms with Crippen molar-refractivity contribution in [2.45, 2.75) is 141 Å². The third kappa shape index (κ3) is 6.91. The van der Waals surface area contributed by atoms with Gasteiger partial charge in [0.25, 0.3) is 5.56 Å². The van der Waals surface area contributed by atoms with Crippen molar-refractivity contribution in [2.24, 2.45) is 0 Å². The summed E-state index contributed by atoms with van der Waals surface area (Å²) in [6.45, 7) is 33.6. The van der Waals surface area contributed by atoms with E-state index in [9.17, 15) is 9.59 Å². The lowest BCUT2D eigenvalue weighted by Gasteiger charge is -2.44. The maximum absolute atomic E-state index is 12.6. The Hall–Kier alpha value is -1.36. The Morgan fingerprint density at radius 1 is 0.805 bits per heavy atom. The minimum atomic E-state index is -2.35. The van der Waals surface area contributed by atoms with E-state index in [1.807, 2.05) is 0 Å². The van der Waals surface area contributed by atoms with Crippen LogP contribution in [-0.4, -0.2) is 69.4 Å². The maximum Gasteiger partial charge on any atom is 0.327 e. The third-order valence-corrected chi connectivity index (χ3v) is 23.4. The van der Waals surface area contributed by atoms with E-state index < -0.39 is 60.7 Å². The van der Waals surface area contributed by atoms with E-state index in [2.05, 4.69) is 117 Å². The van der Waals surface area contributed by atoms with Crippen molar-refractivity contribution < 1.29 is 18.0 Å². The van der Waals surface area contributed by atoms with Gasteiger partial charge in [-0.15, -0.1) is 0 Å². The number of nitrogens with zero attached hydrogens (tertiary/aromatic N) is 2. The van der Waals surface area contributed by atoms with Gasteiger partial charge in [-0.2, -0.15) is 0 Å². The van der Waals surface area contributed by atoms with Crippen LogP contribution >= 0.6 is 0 Å². The molecule has 0 amide bonds. The molecule has 2 aromatic heterocycles. The number of fused-ring (bicyclic) bond motifs is 1. The Balaban J connectivity index is 2.19. The van der Waals surface area contributed by atoms with Gasteiger partial charge in [-0.05, 0) is 54.4 Å². The summed E-state index contributed by atoms with van der Waals surface area (Å²) < 4.78 is 29.6. The minimum Gasteiger partial charge on any atom is -0.414 e. The monoisotopic (exact) mass is 626 g/mol. The first-order chi connectivity index (χ1) is 18.3. The van der Waals surface area contributed by atoms with Crippen LogP contribution in [0.5, 0.6) is 0 Å². The molecule has 0 saturated carbocycles. The molecule has 13 heteroatoms. The van der Waals surface area contributed by atoms with E-state index in [0.717, 1.165) is 0 Å². The quantitative estimate of drug-likeness (QED) is 0.339. The normalized spacial score (nSPS) is 23.5. The summed E-state index contributed by atoms with van der Waals surface area (Å²) in [4.78, 5) is 34.2. The van der Waals surface area contributed by atoms with Gasteiger partial charge in [-0.3, -0.25) is 19.3 Å². The van der Waals surface area contributed by atoms with Crippen LogP contribution < -0.4 is 11.2 Å². The molecule has 4 atom stereocenters. The van der Waals surface area contributed by atoms with Crippen molar-refractivity contribution in [3.8, 4) is 0 Å². The number of hydrogen-bond donors (Lipinski definition) is 2. The van der Waals surface area contributed by atoms with Crippen molar-refractivity contribution in [3.63, 3.8) is 0 Å². The number of nitrogens with one attached hydrogen (secondary N) is 2. The van der Waals surface area contributed by atoms with Crippen LogP contribution in [0.2, 0.25) is 54.4 Å². The van der Waals surface area contributed by atoms with Gasteiger partial charge in [-0.25, -0.2) is 9.78 Å². The van der Waals surface area contributed by atoms with Crippen LogP contribution in [-0.2, 0) is 18.0 Å². The van der Waals surface area contributed by atoms with E-state index in [-0.39, 0.29) is 20.6 Å². The second kappa shape index (κ2) is 11.0. The van der Waals surface area contributed by atoms with Crippen LogP contribution in [0.4, 0.5) is 0 Å². The van der Waals surface area contributed by atoms with E-state index >= 15 is 0 Å². The first-order valence-corrected chi connectivity index (χ1v) is 23.4. The fraction of sp³-hybridized carbons (Fsp3) is 0.821. The van der Waals surface area contributed by atoms with Gasteiger partial charge in [0.2, 0.25) is 0 Å². The van der Waals surface area contributed by atoms with Gasteiger partial charge in [0.15, 0.2) is 36.7 Å². The lowest BCUT2D eigenvalue weighted by atomic mass is 10.1. The van der Waals surface area contributed by atoms with E-state index in [0.29, 0.717) is 12.3 Å². The molecule has 0 radical (unpaired) electrons. The lowest BCUT2D eigenvalue weighted by Crippen LogP contribution is -2.54. The van der Waals surface area contributed by atoms with Crippen LogP contribution in [0.1, 0.15) is 68.5 Å². The van der Waals surface area contributed by atoms with Crippen molar-refractivity contribution >= 4 is 36.1 Å². The van der Waals surface area contributed by atoms with Crippen molar-refractivity contribution in [1.29, 1.82) is 0 Å². The topological polar surface area (TPSA) is 120 Å². The molecular weight excluding hydrogens is 573 g/mol. The largest absolute Gasteiger partial charge is 0.414 e. The second-order valence-corrected chi connectivity index (χ2v) is 30.4. The van der Waals surface area contributed by atoms with Crippen LogP contribution in [0.25, 0.3) is 11.2 Å². The molecule has 1 saturated heterocycles. The summed E-state index contributed by atoms with van der Waals surface area (Å²) in [5.74, 6) is 0. The second-order valence-electron chi connectivity index (χ2n) is 16.1. The number of aromatic nitrogens is 4. The summed E-state index contributed by atoms with van der Waals surface area (Å²) in [5.41, 5.74) is -0.711. The summed E-state index contributed by atoms with van der Waals surface area (Å²) in [5, 5.41) is -0.0894. The Bertz CT molecular complexity index is 1340. The molecule has 2 aromatic rings. The molecule has 3 rings (SSSR count). The predicted molar refractivity (Wildman–Crippen MR) is 172 cm³/mol. The highest BCUT2D eigenvalue weighted by Gasteiger charge is 2.55. The van der Waals surface area contributed by atoms with Crippen LogP contribution in [0, 0.1) is 0 Å². The highest BCUT2D eigenvalue weighted by atomic mass is 28.4. The molecule has 2 N–H and O–H groups in total. The summed E-state index contributed by atoms with van der Waals surface area (Å²) in [6.07, 6.45) is -0.508. The average molecular weight is 627 g/mol. The molecule has 0 aliphatic carbocycles. The standard InChI is InChI=1S/C28H54N4O6Si3/c1-26(2,3)39(10,11)35-16-18-20(37-40(12,13)27(4,5)6)21(38-41(14,15)28(7,8)9)24(36-18)32-17-29-19-22(32)30-25(34)31-23(19)33/h17-18,20-21,24H,16H2,1-15H3,(H2,30,31,33,34)/t18-,20-,21-,24-/m1/s1. The molecule has 1 aliphatic rings. The molecule has 0 aromatic carbocycles. The lowest BCUT2D eigenvalue weighted by molar-refractivity contribution is -0.0470. The maximum atomic E-state index is 12.6. The molecular formula is C28H54N4O6Si3. The molecule has 0 spiro atoms. The van der Waals surface area contributed by atoms with Gasteiger partial charge in [-0.1, -0.05) is 62.3 Å². The summed E-state index contributed by atoms with van der Waals surface area (Å²) >= 11 is 0. The fourth-order valence-electron chi connectivity index (χ4n) is 4.02. The zero-order valence-corrected chi connectivity index (χ0v) is 30.9. The van der Waals surface area contributed by atoms with Crippen molar-refractivity contribution in [1.82, 2.24) is 19.5 Å². The summed E-state index contributed by atoms with van der Waals surface area (Å²) in [6, 6.07) is 0. The van der Waals surface area contributed by atoms with Gasteiger partial charge in [0, 0.05) is 0 Å². The van der Waals surface area contributed by atoms with E-state index in [4.69, 9.17) is 18.0 Å². The summed E-state index contributed by atoms with van der Waals surface area (Å²) in [7, 11) is -6.76. The molecule has 0 bridgehead atoms. The molecule has 10 nitrogen and oxygen atoms in total. The fourth-order valence-corrected chi connectivity index (χ4v) is 7.64. The van der Waals surface area contributed by atoms with Gasteiger partial charge in [0.05, 0.1) is 12.9 Å². The SMILES string of the molecule is CC(C)(C)[Si](C)(C)OC[C@H]1O[C@@H](n2cnc3c(=O)[nH]c(=O)[nH]c32)[C@H](O[Si](C)(C)C(C)(C)C)[C@@H]1O[Si](C)(C)C(C)(C)C. The molecule has 1 fully saturated rings. The molecule has 0 unspecified atom stereocenters. The van der Waals surface area contributed by atoms with Crippen molar-refractivity contribution in [2.75, 3.05) is 6.61 Å². The first kappa shape index (κ1) is 34.1. The number of H-pyrrole nitrogens is 2. The zero-order valence-electron chi connectivity index (χ0n) is 27.9. The smallest absolute Gasteiger partial charge is 0.327 e. The third-order valence-electron chi connectivity index (χ3n) is 9.92. The van der Waals surface area contributed by atoms with Crippen molar-refractivity contribution in [3.05, 3.63) is 27.2 Å². The Kier molecular flexibility index (Phi) is 9.13. The van der Waals surface area contributed by atoms with Gasteiger partial charge >= 0.3 is 5.69 Å². The van der Waals surface area contributed by atoms with E-state index in [1.54, 1.807) is 10.9 Å². The number of aromatic amines is 2. The average Bonchev–Trinajstić information content (AvgIpc) is 3.31. The Morgan fingerprint density at radius 3 is 1.78 bits per heavy atom.